The Morgan fingerprint density at radius 3 is 2.67 bits per heavy atom. The first-order chi connectivity index (χ1) is 5.74. The highest BCUT2D eigenvalue weighted by Gasteiger charge is 2.21. The van der Waals surface area contributed by atoms with Crippen LogP contribution in [0.15, 0.2) is 16.8 Å². The number of nitrogens with one attached hydrogen (secondary N) is 1. The zero-order valence-corrected chi connectivity index (χ0v) is 7.75. The Morgan fingerprint density at radius 2 is 2.33 bits per heavy atom. The lowest BCUT2D eigenvalue weighted by Crippen LogP contribution is -2.43. The Morgan fingerprint density at radius 1 is 1.67 bits per heavy atom. The van der Waals surface area contributed by atoms with E-state index in [0.29, 0.717) is 5.92 Å². The fourth-order valence-electron chi connectivity index (χ4n) is 1.17. The molecule has 0 saturated carbocycles. The van der Waals surface area contributed by atoms with Crippen molar-refractivity contribution in [2.45, 2.75) is 0 Å². The van der Waals surface area contributed by atoms with Gasteiger partial charge in [-0.2, -0.15) is 0 Å². The molecule has 0 amide bonds. The molecule has 1 heterocycles. The molecule has 1 N–H and O–H groups in total. The van der Waals surface area contributed by atoms with E-state index in [-0.39, 0.29) is 0 Å². The first-order valence-electron chi connectivity index (χ1n) is 4.12. The third-order valence-electron chi connectivity index (χ3n) is 1.90. The summed E-state index contributed by atoms with van der Waals surface area (Å²) in [6.45, 7) is 5.90. The molecule has 0 unspecified atom stereocenters. The maximum absolute atomic E-state index is 4.02. The lowest BCUT2D eigenvalue weighted by molar-refractivity contribution is -0.413. The van der Waals surface area contributed by atoms with Crippen LogP contribution in [0.4, 0.5) is 0 Å². The number of nitrogens with zero attached hydrogens (tertiary/aromatic N) is 2. The van der Waals surface area contributed by atoms with Crippen LogP contribution in [-0.4, -0.2) is 44.7 Å². The van der Waals surface area contributed by atoms with Gasteiger partial charge in [-0.3, -0.25) is 4.99 Å². The van der Waals surface area contributed by atoms with E-state index < -0.39 is 0 Å². The molecule has 3 nitrogen and oxygen atoms in total. The Bertz CT molecular complexity index is 224. The summed E-state index contributed by atoms with van der Waals surface area (Å²) in [4.78, 5) is 4.02. The third-order valence-corrected chi connectivity index (χ3v) is 1.90. The van der Waals surface area contributed by atoms with Crippen molar-refractivity contribution < 1.29 is 4.58 Å². The average Bonchev–Trinajstić information content (AvgIpc) is 1.81. The maximum Gasteiger partial charge on any atom is 0.173 e. The van der Waals surface area contributed by atoms with Gasteiger partial charge in [0.2, 0.25) is 0 Å². The van der Waals surface area contributed by atoms with Crippen molar-refractivity contribution in [1.82, 2.24) is 5.32 Å². The lowest BCUT2D eigenvalue weighted by atomic mass is 9.95. The van der Waals surface area contributed by atoms with Crippen molar-refractivity contribution in [3.05, 3.63) is 11.8 Å². The van der Waals surface area contributed by atoms with Crippen molar-refractivity contribution in [3.63, 3.8) is 0 Å². The van der Waals surface area contributed by atoms with Gasteiger partial charge in [-0.15, -0.1) is 0 Å². The average molecular weight is 166 g/mol. The van der Waals surface area contributed by atoms with E-state index in [1.807, 2.05) is 24.0 Å². The van der Waals surface area contributed by atoms with Gasteiger partial charge in [-0.05, 0) is 0 Å². The first-order valence-corrected chi connectivity index (χ1v) is 4.12. The number of hydrogen-bond acceptors (Lipinski definition) is 2. The molecule has 0 aromatic heterocycles. The van der Waals surface area contributed by atoms with Gasteiger partial charge >= 0.3 is 0 Å². The molecule has 1 fully saturated rings. The maximum atomic E-state index is 4.02. The van der Waals surface area contributed by atoms with Gasteiger partial charge in [-0.25, -0.2) is 4.58 Å². The summed E-state index contributed by atoms with van der Waals surface area (Å²) in [5.41, 5.74) is 1.26. The fourth-order valence-corrected chi connectivity index (χ4v) is 1.17. The summed E-state index contributed by atoms with van der Waals surface area (Å²) in [6.07, 6.45) is 3.94. The van der Waals surface area contributed by atoms with Crippen molar-refractivity contribution >= 4 is 12.9 Å². The van der Waals surface area contributed by atoms with Crippen LogP contribution in [0.1, 0.15) is 0 Å². The topological polar surface area (TPSA) is 27.4 Å². The normalized spacial score (nSPS) is 19.7. The van der Waals surface area contributed by atoms with E-state index in [2.05, 4.69) is 17.0 Å². The first kappa shape index (κ1) is 9.13. The van der Waals surface area contributed by atoms with Gasteiger partial charge in [0.25, 0.3) is 0 Å². The summed E-state index contributed by atoms with van der Waals surface area (Å²) in [6, 6.07) is 0. The molecular formula is C9H16N3+. The minimum Gasteiger partial charge on any atom is -0.315 e. The molecule has 0 spiro atoms. The second kappa shape index (κ2) is 4.16. The van der Waals surface area contributed by atoms with Crippen LogP contribution < -0.4 is 5.32 Å². The molecule has 12 heavy (non-hydrogen) atoms. The predicted octanol–water partition coefficient (Wildman–Crippen LogP) is 0.133. The fraction of sp³-hybridized carbons (Fsp3) is 0.556. The van der Waals surface area contributed by atoms with E-state index in [1.165, 1.54) is 5.57 Å². The van der Waals surface area contributed by atoms with Crippen LogP contribution >= 0.6 is 0 Å². The SMILES string of the molecule is C=[N+](C)C=C(C=NC)C1CNC1. The van der Waals surface area contributed by atoms with Crippen molar-refractivity contribution in [2.24, 2.45) is 10.9 Å². The van der Waals surface area contributed by atoms with Gasteiger partial charge in [-0.1, -0.05) is 0 Å². The molecule has 66 valence electrons. The van der Waals surface area contributed by atoms with Crippen molar-refractivity contribution in [1.29, 1.82) is 0 Å². The lowest BCUT2D eigenvalue weighted by Gasteiger charge is -2.26. The molecule has 0 atom stereocenters. The molecule has 0 aliphatic carbocycles. The van der Waals surface area contributed by atoms with Crippen molar-refractivity contribution in [3.8, 4) is 0 Å². The van der Waals surface area contributed by atoms with Crippen LogP contribution in [0.25, 0.3) is 0 Å². The second-order valence-corrected chi connectivity index (χ2v) is 3.13. The molecule has 0 aromatic carbocycles. The smallest absolute Gasteiger partial charge is 0.173 e. The van der Waals surface area contributed by atoms with Crippen LogP contribution in [0.2, 0.25) is 0 Å². The highest BCUT2D eigenvalue weighted by atomic mass is 15.0. The Hall–Kier alpha value is -0.960. The van der Waals surface area contributed by atoms with E-state index in [9.17, 15) is 0 Å². The molecular weight excluding hydrogens is 150 g/mol. The highest BCUT2D eigenvalue weighted by Crippen LogP contribution is 2.13. The van der Waals surface area contributed by atoms with Gasteiger partial charge in [0, 0.05) is 37.8 Å². The number of rotatable bonds is 3. The van der Waals surface area contributed by atoms with Crippen molar-refractivity contribution in [2.75, 3.05) is 27.2 Å². The molecule has 1 aliphatic heterocycles. The van der Waals surface area contributed by atoms with E-state index in [1.54, 1.807) is 7.05 Å². The molecule has 1 saturated heterocycles. The summed E-state index contributed by atoms with van der Waals surface area (Å²) in [5, 5.41) is 3.23. The van der Waals surface area contributed by atoms with E-state index in [0.717, 1.165) is 13.1 Å². The molecule has 1 aliphatic rings. The minimum absolute atomic E-state index is 0.623. The third kappa shape index (κ3) is 2.27. The predicted molar refractivity (Wildman–Crippen MR) is 52.2 cm³/mol. The second-order valence-electron chi connectivity index (χ2n) is 3.13. The highest BCUT2D eigenvalue weighted by molar-refractivity contribution is 5.79. The Balaban J connectivity index is 2.65. The van der Waals surface area contributed by atoms with Crippen LogP contribution in [0.5, 0.6) is 0 Å². The monoisotopic (exact) mass is 166 g/mol. The molecule has 0 radical (unpaired) electrons. The van der Waals surface area contributed by atoms with Crippen LogP contribution in [0, 0.1) is 5.92 Å². The molecule has 1 rings (SSSR count). The Kier molecular flexibility index (Phi) is 3.17. The van der Waals surface area contributed by atoms with E-state index >= 15 is 0 Å². The zero-order chi connectivity index (χ0) is 8.97. The quantitative estimate of drug-likeness (QED) is 0.468. The summed E-state index contributed by atoms with van der Waals surface area (Å²) < 4.78 is 1.81. The van der Waals surface area contributed by atoms with Gasteiger partial charge in [0.05, 0.1) is 0 Å². The van der Waals surface area contributed by atoms with Gasteiger partial charge in [0.1, 0.15) is 13.8 Å². The largest absolute Gasteiger partial charge is 0.315 e. The minimum atomic E-state index is 0.623. The number of hydrogen-bond donors (Lipinski definition) is 1. The Labute approximate surface area is 73.5 Å². The summed E-state index contributed by atoms with van der Waals surface area (Å²) in [7, 11) is 3.72. The standard InChI is InChI=1S/C9H16N3/c1-10-4-9(7-12(2)3)8-5-11-6-8/h4,7-8,11H,2,5-6H2,1,3H3/q+1. The summed E-state index contributed by atoms with van der Waals surface area (Å²) in [5.74, 6) is 0.623. The van der Waals surface area contributed by atoms with E-state index in [4.69, 9.17) is 0 Å². The van der Waals surface area contributed by atoms with Crippen LogP contribution in [0.3, 0.4) is 0 Å². The van der Waals surface area contributed by atoms with Crippen LogP contribution in [-0.2, 0) is 0 Å². The molecule has 3 heteroatoms. The zero-order valence-electron chi connectivity index (χ0n) is 7.75. The van der Waals surface area contributed by atoms with Gasteiger partial charge < -0.3 is 5.32 Å². The number of aliphatic imine (C=N–C) groups is 1. The molecule has 0 aromatic rings. The van der Waals surface area contributed by atoms with Gasteiger partial charge in [0.15, 0.2) is 6.20 Å². The summed E-state index contributed by atoms with van der Waals surface area (Å²) >= 11 is 0. The molecule has 0 bridgehead atoms.